The third kappa shape index (κ3) is 7.19. The van der Waals surface area contributed by atoms with Crippen LogP contribution in [-0.2, 0) is 22.6 Å². The Kier molecular flexibility index (Phi) is 11.2. The first-order valence-electron chi connectivity index (χ1n) is 19.6. The summed E-state index contributed by atoms with van der Waals surface area (Å²) in [6, 6.07) is 18.1. The molecule has 0 unspecified atom stereocenters. The number of aliphatic hydroxyl groups is 4. The Morgan fingerprint density at radius 3 is 2.64 bits per heavy atom. The molecule has 5 atom stereocenters. The fourth-order valence-corrected chi connectivity index (χ4v) is 8.67. The number of aliphatic hydroxyl groups excluding tert-OH is 3. The number of nitrogens with one attached hydrogen (secondary N) is 1. The Bertz CT molecular complexity index is 2240. The van der Waals surface area contributed by atoms with Gasteiger partial charge in [0, 0.05) is 36.3 Å². The van der Waals surface area contributed by atoms with Gasteiger partial charge in [0.2, 0.25) is 6.29 Å². The first kappa shape index (κ1) is 39.8. The summed E-state index contributed by atoms with van der Waals surface area (Å²) in [4.78, 5) is 33.6. The number of phenolic OH excluding ortho intramolecular Hbond substituents is 1. The quantitative estimate of drug-likeness (QED) is 0.0801. The zero-order valence-electron chi connectivity index (χ0n) is 32.4. The van der Waals surface area contributed by atoms with E-state index in [9.17, 15) is 35.1 Å². The molecular formula is C44H48N3O11+. The van der Waals surface area contributed by atoms with Crippen molar-refractivity contribution in [3.63, 3.8) is 0 Å². The van der Waals surface area contributed by atoms with Gasteiger partial charge >= 0.3 is 0 Å². The van der Waals surface area contributed by atoms with Gasteiger partial charge in [-0.15, -0.1) is 0 Å². The van der Waals surface area contributed by atoms with Gasteiger partial charge in [-0.1, -0.05) is 31.0 Å². The number of hydrogen-bond donors (Lipinski definition) is 6. The molecule has 3 heterocycles. The van der Waals surface area contributed by atoms with Crippen LogP contribution in [0.3, 0.4) is 0 Å². The van der Waals surface area contributed by atoms with Gasteiger partial charge in [-0.25, -0.2) is 0 Å². The molecule has 0 spiro atoms. The number of hydrogen-bond acceptors (Lipinski definition) is 13. The summed E-state index contributed by atoms with van der Waals surface area (Å²) in [6.45, 7) is -0.551. The molecule has 0 bridgehead atoms. The van der Waals surface area contributed by atoms with Crippen molar-refractivity contribution in [1.82, 2.24) is 10.2 Å². The standard InChI is InChI=1S/C44H47N3O11/c1-45-17-24-11-12-33-31(13-24)28(18-46-33)21-56-22-36-39(50)41(52)44(54,23-48)43(58-36)57-35-16-29(55-2)14-27-15-32(25-7-3-4-8-25)38(40(51)37(27)35)34(49)20-47-19-26-9-5-6-10-30(26)42(47)53/h5-6,9-16,18,25,36,39,41,43,45,48,50,52,54H,3-4,7-8,17,19-23H2,1-2H3/p+1/t36-,39+,41-,43-,44+/m0/s1. The van der Waals surface area contributed by atoms with E-state index in [0.29, 0.717) is 28.8 Å². The van der Waals surface area contributed by atoms with E-state index in [2.05, 4.69) is 10.3 Å². The molecule has 1 aliphatic carbocycles. The van der Waals surface area contributed by atoms with Crippen molar-refractivity contribution in [2.75, 3.05) is 40.5 Å². The number of carbonyl (C=O) groups excluding carboxylic acids is 2. The lowest BCUT2D eigenvalue weighted by Crippen LogP contribution is -2.69. The molecule has 0 aromatic heterocycles. The number of benzene rings is 4. The maximum absolute atomic E-state index is 14.3. The first-order chi connectivity index (χ1) is 28.0. The van der Waals surface area contributed by atoms with Crippen LogP contribution >= 0.6 is 0 Å². The van der Waals surface area contributed by atoms with Gasteiger partial charge in [0.05, 0.1) is 43.9 Å². The summed E-state index contributed by atoms with van der Waals surface area (Å²) in [5.74, 6) is -0.0948. The number of rotatable bonds is 14. The average molecular weight is 795 g/mol. The highest BCUT2D eigenvalue weighted by Gasteiger charge is 2.56. The number of ketones is 1. The second kappa shape index (κ2) is 16.3. The van der Waals surface area contributed by atoms with E-state index in [1.807, 2.05) is 43.4 Å². The van der Waals surface area contributed by atoms with Gasteiger partial charge in [0.1, 0.15) is 54.3 Å². The van der Waals surface area contributed by atoms with Crippen LogP contribution in [0.2, 0.25) is 0 Å². The number of phenols is 1. The summed E-state index contributed by atoms with van der Waals surface area (Å²) in [7, 11) is 3.31. The number of amides is 1. The second-order valence-electron chi connectivity index (χ2n) is 15.5. The molecule has 6 N–H and O–H groups in total. The van der Waals surface area contributed by atoms with Crippen LogP contribution < -0.4 is 14.8 Å². The molecule has 1 saturated heterocycles. The van der Waals surface area contributed by atoms with Crippen LogP contribution in [0.4, 0.5) is 5.69 Å². The normalized spacial score (nSPS) is 24.1. The van der Waals surface area contributed by atoms with Crippen molar-refractivity contribution in [2.24, 2.45) is 4.99 Å². The second-order valence-corrected chi connectivity index (χ2v) is 15.5. The first-order valence-corrected chi connectivity index (χ1v) is 19.6. The van der Waals surface area contributed by atoms with Gasteiger partial charge in [0.25, 0.3) is 5.91 Å². The number of aliphatic imine (C=N–C) groups is 1. The number of ether oxygens (including phenoxy) is 4. The van der Waals surface area contributed by atoms with Crippen LogP contribution in [0.15, 0.2) is 65.7 Å². The zero-order chi connectivity index (χ0) is 40.7. The Labute approximate surface area is 335 Å². The molecule has 14 heteroatoms. The van der Waals surface area contributed by atoms with Gasteiger partial charge in [-0.3, -0.25) is 9.59 Å². The number of Topliss-reactive ketones (excluding diaryl/α,β-unsaturated/α-hetero) is 1. The lowest BCUT2D eigenvalue weighted by atomic mass is 9.86. The maximum Gasteiger partial charge on any atom is 0.254 e. The van der Waals surface area contributed by atoms with Crippen molar-refractivity contribution >= 4 is 34.4 Å². The number of fused-ring (bicyclic) bond motifs is 3. The highest BCUT2D eigenvalue weighted by molar-refractivity contribution is 6.11. The fourth-order valence-electron chi connectivity index (χ4n) is 8.67. The molecule has 0 radical (unpaired) electrons. The summed E-state index contributed by atoms with van der Waals surface area (Å²) < 4.78 is 24.0. The molecule has 1 saturated carbocycles. The van der Waals surface area contributed by atoms with E-state index in [1.165, 1.54) is 18.1 Å². The van der Waals surface area contributed by atoms with Crippen LogP contribution in [0, 0.1) is 5.92 Å². The number of aromatic hydroxyl groups is 1. The predicted octanol–water partition coefficient (Wildman–Crippen LogP) is 3.67. The molecule has 4 aliphatic rings. The molecule has 304 valence electrons. The Morgan fingerprint density at radius 2 is 1.90 bits per heavy atom. The van der Waals surface area contributed by atoms with Crippen LogP contribution in [-0.4, -0.2) is 119 Å². The average Bonchev–Trinajstić information content (AvgIpc) is 3.98. The molecule has 8 rings (SSSR count). The van der Waals surface area contributed by atoms with E-state index < -0.39 is 42.6 Å². The highest BCUT2D eigenvalue weighted by Crippen LogP contribution is 2.47. The topological polar surface area (TPSA) is 200 Å². The highest BCUT2D eigenvalue weighted by atomic mass is 16.7. The molecule has 58 heavy (non-hydrogen) atoms. The molecule has 4 aromatic rings. The number of methoxy groups -OCH3 is 1. The van der Waals surface area contributed by atoms with Gasteiger partial charge in [0.15, 0.2) is 22.6 Å². The van der Waals surface area contributed by atoms with E-state index >= 15 is 0 Å². The smallest absolute Gasteiger partial charge is 0.254 e. The van der Waals surface area contributed by atoms with E-state index in [0.717, 1.165) is 54.0 Å². The van der Waals surface area contributed by atoms with Crippen molar-refractivity contribution in [3.8, 4) is 17.2 Å². The van der Waals surface area contributed by atoms with E-state index in [1.54, 1.807) is 24.4 Å². The van der Waals surface area contributed by atoms with Gasteiger partial charge < -0.3 is 54.7 Å². The van der Waals surface area contributed by atoms with Gasteiger partial charge in [-0.2, -0.15) is 4.99 Å². The largest absolute Gasteiger partial charge is 0.506 e. The summed E-state index contributed by atoms with van der Waals surface area (Å²) in [5, 5.41) is 60.3. The lowest BCUT2D eigenvalue weighted by Gasteiger charge is -2.47. The maximum atomic E-state index is 14.3. The monoisotopic (exact) mass is 794 g/mol. The van der Waals surface area contributed by atoms with Crippen LogP contribution in [0.25, 0.3) is 10.8 Å². The van der Waals surface area contributed by atoms with Crippen molar-refractivity contribution in [2.45, 2.75) is 74.9 Å². The molecule has 14 nitrogen and oxygen atoms in total. The molecule has 4 aromatic carbocycles. The Hall–Kier alpha value is -5.06. The molecular weight excluding hydrogens is 746 g/mol. The molecule has 2 fully saturated rings. The Morgan fingerprint density at radius 1 is 1.10 bits per heavy atom. The van der Waals surface area contributed by atoms with Crippen molar-refractivity contribution in [1.29, 1.82) is 0 Å². The van der Waals surface area contributed by atoms with E-state index in [4.69, 9.17) is 18.9 Å². The molecule has 3 aliphatic heterocycles. The zero-order valence-corrected chi connectivity index (χ0v) is 32.4. The minimum absolute atomic E-state index is 0.0209. The SMILES string of the molecule is CNCc1ccc2c(c1)[C+](COC[C@@H]1O[C@H](Oc3cc(OC)cc4cc(C5CCCC5)c(C(=O)CN5Cc6ccccc6C5=O)c(O)c34)[C@@](O)(CO)[C@@H](O)[C@@H]1O)C=N2. The predicted molar refractivity (Wildman–Crippen MR) is 213 cm³/mol. The Balaban J connectivity index is 1.09. The molecule has 1 amide bonds. The lowest BCUT2D eigenvalue weighted by molar-refractivity contribution is -0.328. The minimum Gasteiger partial charge on any atom is -0.506 e. The number of carbonyl (C=O) groups is 2. The van der Waals surface area contributed by atoms with Crippen LogP contribution in [0.1, 0.15) is 74.6 Å². The summed E-state index contributed by atoms with van der Waals surface area (Å²) in [6.07, 6.45) is -1.44. The summed E-state index contributed by atoms with van der Waals surface area (Å²) in [5.41, 5.74) is 2.30. The van der Waals surface area contributed by atoms with Crippen LogP contribution in [0.5, 0.6) is 17.2 Å². The van der Waals surface area contributed by atoms with Gasteiger partial charge in [-0.05, 0) is 66.6 Å². The van der Waals surface area contributed by atoms with Crippen molar-refractivity contribution < 1.29 is 54.1 Å². The fraction of sp³-hybridized carbons (Fsp3) is 0.409. The summed E-state index contributed by atoms with van der Waals surface area (Å²) >= 11 is 0. The van der Waals surface area contributed by atoms with Crippen molar-refractivity contribution in [3.05, 3.63) is 100.0 Å². The third-order valence-electron chi connectivity index (χ3n) is 11.8. The third-order valence-corrected chi connectivity index (χ3v) is 11.8. The van der Waals surface area contributed by atoms with E-state index in [-0.39, 0.29) is 60.6 Å². The number of nitrogens with zero attached hydrogens (tertiary/aromatic N) is 2. The minimum atomic E-state index is -2.54.